The maximum absolute atomic E-state index is 10.6. The van der Waals surface area contributed by atoms with E-state index in [9.17, 15) is 5.11 Å². The predicted octanol–water partition coefficient (Wildman–Crippen LogP) is 5.05. The number of thiophene rings is 1. The standard InChI is InChI=1S/C16H13BrOS/c1-10-6-9-15(19-10)16(18)13-7-8-14(17)12-5-3-2-4-11(12)13/h2-9,16,18H,1H3. The van der Waals surface area contributed by atoms with Gasteiger partial charge in [-0.15, -0.1) is 11.3 Å². The van der Waals surface area contributed by atoms with Crippen molar-refractivity contribution in [3.05, 3.63) is 68.3 Å². The molecule has 1 N–H and O–H groups in total. The van der Waals surface area contributed by atoms with Gasteiger partial charge in [0.25, 0.3) is 0 Å². The van der Waals surface area contributed by atoms with Gasteiger partial charge in [-0.2, -0.15) is 0 Å². The summed E-state index contributed by atoms with van der Waals surface area (Å²) in [4.78, 5) is 2.21. The smallest absolute Gasteiger partial charge is 0.114 e. The third kappa shape index (κ3) is 2.34. The van der Waals surface area contributed by atoms with Gasteiger partial charge in [-0.25, -0.2) is 0 Å². The third-order valence-electron chi connectivity index (χ3n) is 3.23. The van der Waals surface area contributed by atoms with Crippen molar-refractivity contribution in [1.29, 1.82) is 0 Å². The Morgan fingerprint density at radius 3 is 2.42 bits per heavy atom. The second-order valence-corrected chi connectivity index (χ2v) is 6.71. The predicted molar refractivity (Wildman–Crippen MR) is 84.8 cm³/mol. The monoisotopic (exact) mass is 332 g/mol. The van der Waals surface area contributed by atoms with Crippen molar-refractivity contribution in [3.8, 4) is 0 Å². The zero-order valence-electron chi connectivity index (χ0n) is 10.4. The van der Waals surface area contributed by atoms with E-state index in [-0.39, 0.29) is 0 Å². The maximum Gasteiger partial charge on any atom is 0.114 e. The quantitative estimate of drug-likeness (QED) is 0.695. The maximum atomic E-state index is 10.6. The van der Waals surface area contributed by atoms with Crippen LogP contribution in [0, 0.1) is 6.92 Å². The van der Waals surface area contributed by atoms with Crippen molar-refractivity contribution in [2.45, 2.75) is 13.0 Å². The number of aryl methyl sites for hydroxylation is 1. The molecule has 0 aliphatic rings. The van der Waals surface area contributed by atoms with Crippen LogP contribution in [0.25, 0.3) is 10.8 Å². The number of fused-ring (bicyclic) bond motifs is 1. The Balaban J connectivity index is 2.18. The van der Waals surface area contributed by atoms with Gasteiger partial charge in [0, 0.05) is 14.2 Å². The normalized spacial score (nSPS) is 12.8. The molecule has 0 bridgehead atoms. The number of benzene rings is 2. The summed E-state index contributed by atoms with van der Waals surface area (Å²) in [7, 11) is 0. The lowest BCUT2D eigenvalue weighted by atomic mass is 9.99. The largest absolute Gasteiger partial charge is 0.383 e. The molecule has 1 heterocycles. The molecule has 3 rings (SSSR count). The highest BCUT2D eigenvalue weighted by Gasteiger charge is 2.15. The first-order chi connectivity index (χ1) is 9.16. The minimum atomic E-state index is -0.559. The van der Waals surface area contributed by atoms with Crippen LogP contribution >= 0.6 is 27.3 Å². The van der Waals surface area contributed by atoms with E-state index in [1.165, 1.54) is 4.88 Å². The highest BCUT2D eigenvalue weighted by molar-refractivity contribution is 9.10. The molecule has 1 atom stereocenters. The van der Waals surface area contributed by atoms with Gasteiger partial charge < -0.3 is 5.11 Å². The first kappa shape index (κ1) is 12.9. The first-order valence-electron chi connectivity index (χ1n) is 6.08. The average Bonchev–Trinajstić information content (AvgIpc) is 2.86. The Labute approximate surface area is 124 Å². The molecule has 0 aliphatic carbocycles. The lowest BCUT2D eigenvalue weighted by molar-refractivity contribution is 0.226. The average molecular weight is 333 g/mol. The van der Waals surface area contributed by atoms with Crippen LogP contribution in [0.3, 0.4) is 0 Å². The van der Waals surface area contributed by atoms with Crippen molar-refractivity contribution < 1.29 is 5.11 Å². The van der Waals surface area contributed by atoms with E-state index in [0.29, 0.717) is 0 Å². The van der Waals surface area contributed by atoms with E-state index < -0.39 is 6.10 Å². The molecule has 0 radical (unpaired) electrons. The van der Waals surface area contributed by atoms with Crippen LogP contribution < -0.4 is 0 Å². The molecule has 2 aromatic carbocycles. The fourth-order valence-corrected chi connectivity index (χ4v) is 3.64. The van der Waals surface area contributed by atoms with Gasteiger partial charge in [-0.05, 0) is 41.5 Å². The summed E-state index contributed by atoms with van der Waals surface area (Å²) >= 11 is 5.20. The molecule has 0 aliphatic heterocycles. The molecule has 0 saturated carbocycles. The minimum Gasteiger partial charge on any atom is -0.383 e. The molecular weight excluding hydrogens is 320 g/mol. The second-order valence-electron chi connectivity index (χ2n) is 4.53. The molecule has 3 heteroatoms. The molecule has 0 saturated heterocycles. The molecule has 0 spiro atoms. The number of aliphatic hydroxyl groups is 1. The van der Waals surface area contributed by atoms with Crippen molar-refractivity contribution in [1.82, 2.24) is 0 Å². The Hall–Kier alpha value is -1.16. The van der Waals surface area contributed by atoms with Gasteiger partial charge in [-0.1, -0.05) is 46.3 Å². The summed E-state index contributed by atoms with van der Waals surface area (Å²) in [6, 6.07) is 16.2. The van der Waals surface area contributed by atoms with Gasteiger partial charge in [0.1, 0.15) is 6.10 Å². The number of hydrogen-bond acceptors (Lipinski definition) is 2. The minimum absolute atomic E-state index is 0.559. The molecule has 19 heavy (non-hydrogen) atoms. The summed E-state index contributed by atoms with van der Waals surface area (Å²) < 4.78 is 1.06. The summed E-state index contributed by atoms with van der Waals surface area (Å²) in [5, 5.41) is 12.8. The molecule has 1 aromatic heterocycles. The molecule has 3 aromatic rings. The fraction of sp³-hybridized carbons (Fsp3) is 0.125. The summed E-state index contributed by atoms with van der Waals surface area (Å²) in [6.07, 6.45) is -0.559. The van der Waals surface area contributed by atoms with Crippen LogP contribution in [0.4, 0.5) is 0 Å². The van der Waals surface area contributed by atoms with Crippen LogP contribution in [-0.2, 0) is 0 Å². The van der Waals surface area contributed by atoms with Crippen LogP contribution in [-0.4, -0.2) is 5.11 Å². The SMILES string of the molecule is Cc1ccc(C(O)c2ccc(Br)c3ccccc23)s1. The van der Waals surface area contributed by atoms with E-state index in [0.717, 1.165) is 25.7 Å². The van der Waals surface area contributed by atoms with Crippen LogP contribution in [0.15, 0.2) is 53.0 Å². The lowest BCUT2D eigenvalue weighted by Gasteiger charge is -2.13. The van der Waals surface area contributed by atoms with Gasteiger partial charge in [0.05, 0.1) is 0 Å². The molecule has 96 valence electrons. The Kier molecular flexibility index (Phi) is 3.44. The molecule has 0 amide bonds. The van der Waals surface area contributed by atoms with E-state index in [2.05, 4.69) is 35.0 Å². The van der Waals surface area contributed by atoms with E-state index >= 15 is 0 Å². The van der Waals surface area contributed by atoms with Crippen molar-refractivity contribution in [3.63, 3.8) is 0 Å². The summed E-state index contributed by atoms with van der Waals surface area (Å²) in [5.41, 5.74) is 0.959. The van der Waals surface area contributed by atoms with E-state index in [4.69, 9.17) is 0 Å². The van der Waals surface area contributed by atoms with Crippen LogP contribution in [0.2, 0.25) is 0 Å². The zero-order chi connectivity index (χ0) is 13.4. The Morgan fingerprint density at radius 1 is 1.00 bits per heavy atom. The highest BCUT2D eigenvalue weighted by atomic mass is 79.9. The van der Waals surface area contributed by atoms with Crippen molar-refractivity contribution in [2.24, 2.45) is 0 Å². The molecule has 1 nitrogen and oxygen atoms in total. The highest BCUT2D eigenvalue weighted by Crippen LogP contribution is 2.35. The van der Waals surface area contributed by atoms with Gasteiger partial charge in [0.15, 0.2) is 0 Å². The summed E-state index contributed by atoms with van der Waals surface area (Å²) in [5.74, 6) is 0. The molecular formula is C16H13BrOS. The van der Waals surface area contributed by atoms with E-state index in [1.54, 1.807) is 11.3 Å². The van der Waals surface area contributed by atoms with Gasteiger partial charge in [0.2, 0.25) is 0 Å². The molecule has 0 fully saturated rings. The number of halogens is 1. The topological polar surface area (TPSA) is 20.2 Å². The van der Waals surface area contributed by atoms with Gasteiger partial charge in [-0.3, -0.25) is 0 Å². The zero-order valence-corrected chi connectivity index (χ0v) is 12.8. The lowest BCUT2D eigenvalue weighted by Crippen LogP contribution is -1.98. The number of rotatable bonds is 2. The van der Waals surface area contributed by atoms with Crippen molar-refractivity contribution in [2.75, 3.05) is 0 Å². The fourth-order valence-electron chi connectivity index (χ4n) is 2.28. The molecule has 1 unspecified atom stereocenters. The Morgan fingerprint density at radius 2 is 1.74 bits per heavy atom. The van der Waals surface area contributed by atoms with Crippen LogP contribution in [0.5, 0.6) is 0 Å². The number of aliphatic hydroxyl groups excluding tert-OH is 1. The van der Waals surface area contributed by atoms with Crippen molar-refractivity contribution >= 4 is 38.0 Å². The van der Waals surface area contributed by atoms with E-state index in [1.807, 2.05) is 36.4 Å². The van der Waals surface area contributed by atoms with Crippen LogP contribution in [0.1, 0.15) is 21.4 Å². The Bertz CT molecular complexity index is 732. The third-order valence-corrected chi connectivity index (χ3v) is 4.97. The van der Waals surface area contributed by atoms with Gasteiger partial charge >= 0.3 is 0 Å². The number of hydrogen-bond donors (Lipinski definition) is 1. The summed E-state index contributed by atoms with van der Waals surface area (Å²) in [6.45, 7) is 2.06. The first-order valence-corrected chi connectivity index (χ1v) is 7.69. The second kappa shape index (κ2) is 5.08.